The van der Waals surface area contributed by atoms with E-state index in [0.717, 1.165) is 38.2 Å². The van der Waals surface area contributed by atoms with Crippen molar-refractivity contribution < 1.29 is 14.3 Å². The predicted molar refractivity (Wildman–Crippen MR) is 142 cm³/mol. The molecule has 1 saturated carbocycles. The highest BCUT2D eigenvalue weighted by molar-refractivity contribution is 5.93. The van der Waals surface area contributed by atoms with E-state index >= 15 is 4.39 Å². The average Bonchev–Trinajstić information content (AvgIpc) is 3.58. The maximum atomic E-state index is 15.2. The number of benzene rings is 2. The van der Waals surface area contributed by atoms with Crippen LogP contribution in [0.25, 0.3) is 16.6 Å². The summed E-state index contributed by atoms with van der Waals surface area (Å²) in [6.07, 6.45) is 6.93. The van der Waals surface area contributed by atoms with Crippen LogP contribution in [0.5, 0.6) is 0 Å². The molecule has 0 radical (unpaired) electrons. The van der Waals surface area contributed by atoms with Gasteiger partial charge in [-0.15, -0.1) is 12.4 Å². The number of nitrogens with zero attached hydrogens (tertiary/aromatic N) is 5. The van der Waals surface area contributed by atoms with Gasteiger partial charge in [0, 0.05) is 62.7 Å². The molecular formula is C27H27ClFN5O3. The lowest BCUT2D eigenvalue weighted by molar-refractivity contribution is 0.0695. The molecule has 3 heterocycles. The monoisotopic (exact) mass is 523 g/mol. The number of hydrogen-bond acceptors (Lipinski definition) is 5. The first-order valence-electron chi connectivity index (χ1n) is 12.2. The van der Waals surface area contributed by atoms with Crippen LogP contribution in [0, 0.1) is 5.82 Å². The molecule has 1 aliphatic heterocycles. The average molecular weight is 524 g/mol. The Labute approximate surface area is 218 Å². The summed E-state index contributed by atoms with van der Waals surface area (Å²) in [7, 11) is 0. The zero-order valence-corrected chi connectivity index (χ0v) is 20.9. The van der Waals surface area contributed by atoms with Gasteiger partial charge in [-0.25, -0.2) is 13.9 Å². The van der Waals surface area contributed by atoms with Gasteiger partial charge in [0.25, 0.3) is 0 Å². The van der Waals surface area contributed by atoms with E-state index in [9.17, 15) is 14.7 Å². The molecule has 8 nitrogen and oxygen atoms in total. The molecule has 4 aromatic rings. The number of piperazine rings is 1. The fourth-order valence-corrected chi connectivity index (χ4v) is 4.99. The van der Waals surface area contributed by atoms with E-state index in [1.165, 1.54) is 17.8 Å². The van der Waals surface area contributed by atoms with E-state index in [1.807, 2.05) is 26.4 Å². The van der Waals surface area contributed by atoms with Gasteiger partial charge in [-0.2, -0.15) is 5.10 Å². The van der Waals surface area contributed by atoms with Gasteiger partial charge in [0.1, 0.15) is 11.4 Å². The minimum absolute atomic E-state index is 0. The van der Waals surface area contributed by atoms with E-state index in [1.54, 1.807) is 12.3 Å². The van der Waals surface area contributed by atoms with Gasteiger partial charge in [-0.1, -0.05) is 12.1 Å². The molecule has 0 bridgehead atoms. The molecule has 37 heavy (non-hydrogen) atoms. The molecule has 2 aromatic heterocycles. The van der Waals surface area contributed by atoms with Gasteiger partial charge in [-0.3, -0.25) is 9.69 Å². The van der Waals surface area contributed by atoms with Crippen LogP contribution >= 0.6 is 12.4 Å². The predicted octanol–water partition coefficient (Wildman–Crippen LogP) is 4.10. The van der Waals surface area contributed by atoms with Gasteiger partial charge in [0.15, 0.2) is 0 Å². The Kier molecular flexibility index (Phi) is 6.74. The molecule has 2 fully saturated rings. The first-order valence-corrected chi connectivity index (χ1v) is 12.2. The third-order valence-electron chi connectivity index (χ3n) is 7.10. The fourth-order valence-electron chi connectivity index (χ4n) is 4.99. The highest BCUT2D eigenvalue weighted by atomic mass is 35.5. The van der Waals surface area contributed by atoms with Crippen LogP contribution in [-0.2, 0) is 6.54 Å². The third-order valence-corrected chi connectivity index (χ3v) is 7.10. The van der Waals surface area contributed by atoms with Crippen molar-refractivity contribution in [3.05, 3.63) is 88.2 Å². The van der Waals surface area contributed by atoms with Crippen molar-refractivity contribution in [1.82, 2.24) is 19.2 Å². The van der Waals surface area contributed by atoms with Crippen molar-refractivity contribution in [1.29, 1.82) is 0 Å². The summed E-state index contributed by atoms with van der Waals surface area (Å²) in [5.74, 6) is -1.78. The molecule has 1 N–H and O–H groups in total. The van der Waals surface area contributed by atoms with Crippen LogP contribution in [0.4, 0.5) is 10.1 Å². The highest BCUT2D eigenvalue weighted by Crippen LogP contribution is 2.38. The summed E-state index contributed by atoms with van der Waals surface area (Å²) in [5.41, 5.74) is 2.33. The zero-order valence-electron chi connectivity index (χ0n) is 20.1. The minimum Gasteiger partial charge on any atom is -0.477 e. The number of rotatable bonds is 6. The largest absolute Gasteiger partial charge is 0.477 e. The number of carboxylic acid groups (broad SMARTS) is 1. The van der Waals surface area contributed by atoms with E-state index in [2.05, 4.69) is 34.3 Å². The molecule has 2 aliphatic rings. The number of aromatic nitrogens is 3. The second-order valence-corrected chi connectivity index (χ2v) is 9.52. The molecule has 2 aromatic carbocycles. The maximum Gasteiger partial charge on any atom is 0.341 e. The van der Waals surface area contributed by atoms with Gasteiger partial charge in [0.05, 0.1) is 16.9 Å². The quantitative estimate of drug-likeness (QED) is 0.409. The lowest BCUT2D eigenvalue weighted by atomic mass is 10.1. The second-order valence-electron chi connectivity index (χ2n) is 9.52. The first-order chi connectivity index (χ1) is 17.5. The van der Waals surface area contributed by atoms with Crippen LogP contribution in [0.1, 0.15) is 34.8 Å². The standard InChI is InChI=1S/C27H26FN5O3.ClH/c28-23-14-21-24(32(19-6-7-19)17-22(26(21)34)27(35)36)15-25(23)31-12-10-30(11-13-31)16-18-2-4-20(5-3-18)33-9-1-8-29-33;/h1-5,8-9,14-15,17,19H,6-7,10-13,16H2,(H,35,36);1H. The lowest BCUT2D eigenvalue weighted by Crippen LogP contribution is -2.46. The van der Waals surface area contributed by atoms with Crippen LogP contribution < -0.4 is 10.3 Å². The number of carboxylic acids is 1. The van der Waals surface area contributed by atoms with Crippen molar-refractivity contribution in [2.24, 2.45) is 0 Å². The van der Waals surface area contributed by atoms with Crippen LogP contribution in [0.3, 0.4) is 0 Å². The van der Waals surface area contributed by atoms with Gasteiger partial charge in [-0.05, 0) is 48.7 Å². The molecule has 192 valence electrons. The number of carbonyl (C=O) groups is 1. The smallest absolute Gasteiger partial charge is 0.341 e. The van der Waals surface area contributed by atoms with E-state index < -0.39 is 17.2 Å². The van der Waals surface area contributed by atoms with Gasteiger partial charge < -0.3 is 14.6 Å². The molecular weight excluding hydrogens is 497 g/mol. The van der Waals surface area contributed by atoms with Crippen molar-refractivity contribution >= 4 is 35.0 Å². The van der Waals surface area contributed by atoms with Crippen molar-refractivity contribution in [3.8, 4) is 5.69 Å². The Morgan fingerprint density at radius 2 is 1.81 bits per heavy atom. The molecule has 10 heteroatoms. The number of fused-ring (bicyclic) bond motifs is 1. The summed E-state index contributed by atoms with van der Waals surface area (Å²) in [6.45, 7) is 3.70. The van der Waals surface area contributed by atoms with Crippen molar-refractivity contribution in [2.75, 3.05) is 31.1 Å². The minimum atomic E-state index is -1.28. The SMILES string of the molecule is Cl.O=C(O)c1cn(C2CC2)c2cc(N3CCN(Cc4ccc(-n5cccn5)cc4)CC3)c(F)cc2c1=O. The van der Waals surface area contributed by atoms with E-state index in [4.69, 9.17) is 0 Å². The highest BCUT2D eigenvalue weighted by Gasteiger charge is 2.28. The second kappa shape index (κ2) is 9.99. The van der Waals surface area contributed by atoms with E-state index in [-0.39, 0.29) is 29.4 Å². The van der Waals surface area contributed by atoms with Crippen LogP contribution in [-0.4, -0.2) is 56.5 Å². The Bertz CT molecular complexity index is 1490. The normalized spacial score (nSPS) is 16.1. The van der Waals surface area contributed by atoms with Gasteiger partial charge in [0.2, 0.25) is 5.43 Å². The molecule has 0 unspecified atom stereocenters. The molecule has 0 amide bonds. The Hall–Kier alpha value is -3.69. The van der Waals surface area contributed by atoms with E-state index in [0.29, 0.717) is 24.3 Å². The molecule has 0 atom stereocenters. The van der Waals surface area contributed by atoms with Crippen LogP contribution in [0.2, 0.25) is 0 Å². The number of anilines is 1. The summed E-state index contributed by atoms with van der Waals surface area (Å²) < 4.78 is 18.9. The summed E-state index contributed by atoms with van der Waals surface area (Å²) in [6, 6.07) is 13.3. The molecule has 0 spiro atoms. The molecule has 1 saturated heterocycles. The van der Waals surface area contributed by atoms with Crippen molar-refractivity contribution in [2.45, 2.75) is 25.4 Å². The fraction of sp³-hybridized carbons (Fsp3) is 0.296. The number of aromatic carboxylic acids is 1. The van der Waals surface area contributed by atoms with Gasteiger partial charge >= 0.3 is 5.97 Å². The third kappa shape index (κ3) is 4.84. The first kappa shape index (κ1) is 25.0. The number of hydrogen-bond donors (Lipinski definition) is 1. The molecule has 1 aliphatic carbocycles. The summed E-state index contributed by atoms with van der Waals surface area (Å²) in [5, 5.41) is 13.8. The topological polar surface area (TPSA) is 83.6 Å². The lowest BCUT2D eigenvalue weighted by Gasteiger charge is -2.36. The maximum absolute atomic E-state index is 15.2. The Morgan fingerprint density at radius 1 is 1.08 bits per heavy atom. The Balaban J connectivity index is 0.00000280. The Morgan fingerprint density at radius 3 is 2.43 bits per heavy atom. The van der Waals surface area contributed by atoms with Crippen LogP contribution in [0.15, 0.2) is 65.8 Å². The number of pyridine rings is 1. The van der Waals surface area contributed by atoms with Crippen molar-refractivity contribution in [3.63, 3.8) is 0 Å². The summed E-state index contributed by atoms with van der Waals surface area (Å²) >= 11 is 0. The number of halogens is 2. The summed E-state index contributed by atoms with van der Waals surface area (Å²) in [4.78, 5) is 28.6. The zero-order chi connectivity index (χ0) is 24.8. The molecule has 6 rings (SSSR count).